The molecule has 1 N–H and O–H groups in total. The van der Waals surface area contributed by atoms with Crippen molar-refractivity contribution < 1.29 is 4.39 Å². The molecule has 0 radical (unpaired) electrons. The molecule has 0 unspecified atom stereocenters. The predicted molar refractivity (Wildman–Crippen MR) is 84.3 cm³/mol. The Morgan fingerprint density at radius 2 is 2.22 bits per heavy atom. The van der Waals surface area contributed by atoms with E-state index >= 15 is 0 Å². The second-order valence-corrected chi connectivity index (χ2v) is 6.48. The fraction of sp³-hybridized carbons (Fsp3) is 0.312. The summed E-state index contributed by atoms with van der Waals surface area (Å²) < 4.78 is 16.4. The van der Waals surface area contributed by atoms with Crippen molar-refractivity contribution in [2.24, 2.45) is 0 Å². The number of hydrogen-bond donors (Lipinski definition) is 1. The van der Waals surface area contributed by atoms with Gasteiger partial charge < -0.3 is 9.88 Å². The van der Waals surface area contributed by atoms with Gasteiger partial charge in [-0.2, -0.15) is 5.10 Å². The molecule has 7 heteroatoms. The van der Waals surface area contributed by atoms with Crippen LogP contribution >= 0.6 is 0 Å². The quantitative estimate of drug-likeness (QED) is 0.783. The van der Waals surface area contributed by atoms with E-state index in [0.29, 0.717) is 6.54 Å². The lowest BCUT2D eigenvalue weighted by Gasteiger charge is -2.18. The van der Waals surface area contributed by atoms with Crippen LogP contribution in [0.3, 0.4) is 0 Å². The van der Waals surface area contributed by atoms with Crippen molar-refractivity contribution in [2.75, 3.05) is 11.9 Å². The normalized spacial score (nSPS) is 15.6. The van der Waals surface area contributed by atoms with Crippen molar-refractivity contribution in [1.82, 2.24) is 19.2 Å². The molecule has 0 bridgehead atoms. The van der Waals surface area contributed by atoms with E-state index < -0.39 is 5.82 Å². The minimum absolute atomic E-state index is 0.0491. The number of pyridine rings is 2. The van der Waals surface area contributed by atoms with Crippen LogP contribution in [0.15, 0.2) is 35.5 Å². The summed E-state index contributed by atoms with van der Waals surface area (Å²) in [4.78, 5) is 16.3. The maximum absolute atomic E-state index is 13.1. The fourth-order valence-electron chi connectivity index (χ4n) is 3.15. The first-order valence-electron chi connectivity index (χ1n) is 7.42. The Kier molecular flexibility index (Phi) is 2.81. The third kappa shape index (κ3) is 2.11. The largest absolute Gasteiger partial charge is 0.383 e. The third-order valence-electron chi connectivity index (χ3n) is 4.28. The van der Waals surface area contributed by atoms with Gasteiger partial charge >= 0.3 is 0 Å². The highest BCUT2D eigenvalue weighted by molar-refractivity contribution is 5.65. The second-order valence-electron chi connectivity index (χ2n) is 6.48. The first-order chi connectivity index (χ1) is 11.0. The molecule has 4 rings (SSSR count). The number of nitrogens with one attached hydrogen (secondary N) is 1. The van der Waals surface area contributed by atoms with Gasteiger partial charge in [0, 0.05) is 29.8 Å². The number of halogens is 1. The Morgan fingerprint density at radius 1 is 1.39 bits per heavy atom. The lowest BCUT2D eigenvalue weighted by atomic mass is 9.91. The van der Waals surface area contributed by atoms with Crippen LogP contribution in [0.1, 0.15) is 25.1 Å². The Bertz CT molecular complexity index is 972. The highest BCUT2D eigenvalue weighted by Gasteiger charge is 2.34. The molecule has 0 aliphatic carbocycles. The molecular formula is C16H16FN5O. The van der Waals surface area contributed by atoms with Crippen LogP contribution in [0.5, 0.6) is 0 Å². The van der Waals surface area contributed by atoms with Crippen molar-refractivity contribution in [3.63, 3.8) is 0 Å². The highest BCUT2D eigenvalue weighted by atomic mass is 19.1. The van der Waals surface area contributed by atoms with Gasteiger partial charge in [0.1, 0.15) is 12.1 Å². The molecule has 23 heavy (non-hydrogen) atoms. The van der Waals surface area contributed by atoms with Crippen LogP contribution in [0.4, 0.5) is 10.1 Å². The summed E-state index contributed by atoms with van der Waals surface area (Å²) in [5.74, 6) is -0.531. The lowest BCUT2D eigenvalue weighted by Crippen LogP contribution is -2.23. The van der Waals surface area contributed by atoms with Crippen molar-refractivity contribution in [2.45, 2.75) is 25.8 Å². The summed E-state index contributed by atoms with van der Waals surface area (Å²) >= 11 is 0. The SMILES string of the molecule is CC1(C)CNc2cc(Cn3ccc(F)cc3=O)c3ncnn3c21. The molecule has 118 valence electrons. The molecular weight excluding hydrogens is 297 g/mol. The third-order valence-corrected chi connectivity index (χ3v) is 4.28. The number of fused-ring (bicyclic) bond motifs is 3. The zero-order valence-corrected chi connectivity index (χ0v) is 12.9. The van der Waals surface area contributed by atoms with Gasteiger partial charge in [0.2, 0.25) is 0 Å². The van der Waals surface area contributed by atoms with Crippen molar-refractivity contribution in [1.29, 1.82) is 0 Å². The van der Waals surface area contributed by atoms with Gasteiger partial charge in [-0.3, -0.25) is 4.79 Å². The molecule has 0 aromatic carbocycles. The van der Waals surface area contributed by atoms with Gasteiger partial charge in [-0.15, -0.1) is 0 Å². The average molecular weight is 313 g/mol. The van der Waals surface area contributed by atoms with Crippen molar-refractivity contribution in [3.8, 4) is 0 Å². The number of aromatic nitrogens is 4. The summed E-state index contributed by atoms with van der Waals surface area (Å²) in [6, 6.07) is 4.26. The molecule has 1 aliphatic rings. The Hall–Kier alpha value is -2.70. The van der Waals surface area contributed by atoms with Gasteiger partial charge in [-0.1, -0.05) is 13.8 Å². The van der Waals surface area contributed by atoms with E-state index in [1.807, 2.05) is 10.6 Å². The Morgan fingerprint density at radius 3 is 3.00 bits per heavy atom. The van der Waals surface area contributed by atoms with Crippen LogP contribution in [0, 0.1) is 5.82 Å². The molecule has 6 nitrogen and oxygen atoms in total. The molecule has 3 aromatic heterocycles. The van der Waals surface area contributed by atoms with E-state index in [1.165, 1.54) is 23.2 Å². The monoisotopic (exact) mass is 313 g/mol. The summed E-state index contributed by atoms with van der Waals surface area (Å²) in [6.45, 7) is 5.43. The zero-order valence-electron chi connectivity index (χ0n) is 12.9. The summed E-state index contributed by atoms with van der Waals surface area (Å²) in [5, 5.41) is 7.73. The van der Waals surface area contributed by atoms with E-state index in [9.17, 15) is 9.18 Å². The predicted octanol–water partition coefficient (Wildman–Crippen LogP) is 1.78. The molecule has 1 aliphatic heterocycles. The summed E-state index contributed by atoms with van der Waals surface area (Å²) in [7, 11) is 0. The van der Waals surface area contributed by atoms with Crippen LogP contribution in [-0.4, -0.2) is 25.7 Å². The smallest absolute Gasteiger partial charge is 0.253 e. The van der Waals surface area contributed by atoms with E-state index in [0.717, 1.165) is 35.2 Å². The Labute approximate surface area is 131 Å². The average Bonchev–Trinajstić information content (AvgIpc) is 3.06. The lowest BCUT2D eigenvalue weighted by molar-refractivity contribution is 0.550. The van der Waals surface area contributed by atoms with E-state index in [-0.39, 0.29) is 11.0 Å². The van der Waals surface area contributed by atoms with Crippen molar-refractivity contribution in [3.05, 3.63) is 58.2 Å². The fourth-order valence-corrected chi connectivity index (χ4v) is 3.15. The molecule has 4 heterocycles. The number of hydrogen-bond acceptors (Lipinski definition) is 4. The number of rotatable bonds is 2. The first kappa shape index (κ1) is 13.9. The highest BCUT2D eigenvalue weighted by Crippen LogP contribution is 2.37. The standard InChI is InChI=1S/C16H16FN5O/c1-16(2)8-18-12-5-10(15-19-9-20-22(15)14(12)16)7-21-4-3-11(17)6-13(21)23/h3-6,9,18H,7-8H2,1-2H3. The van der Waals surface area contributed by atoms with Crippen LogP contribution in [-0.2, 0) is 12.0 Å². The summed E-state index contributed by atoms with van der Waals surface area (Å²) in [5.41, 5.74) is 3.23. The van der Waals surface area contributed by atoms with Gasteiger partial charge in [0.05, 0.1) is 17.9 Å². The number of anilines is 1. The van der Waals surface area contributed by atoms with E-state index in [2.05, 4.69) is 29.2 Å². The van der Waals surface area contributed by atoms with Crippen LogP contribution in [0.2, 0.25) is 0 Å². The minimum Gasteiger partial charge on any atom is -0.383 e. The molecule has 0 fully saturated rings. The van der Waals surface area contributed by atoms with E-state index in [1.54, 1.807) is 0 Å². The summed E-state index contributed by atoms with van der Waals surface area (Å²) in [6.07, 6.45) is 2.97. The second kappa shape index (κ2) is 4.65. The first-order valence-corrected chi connectivity index (χ1v) is 7.42. The molecule has 0 atom stereocenters. The zero-order chi connectivity index (χ0) is 16.2. The molecule has 0 spiro atoms. The van der Waals surface area contributed by atoms with Gasteiger partial charge in [0.15, 0.2) is 5.65 Å². The van der Waals surface area contributed by atoms with E-state index in [4.69, 9.17) is 0 Å². The molecule has 0 saturated heterocycles. The maximum Gasteiger partial charge on any atom is 0.253 e. The number of nitrogens with zero attached hydrogens (tertiary/aromatic N) is 4. The molecule has 0 saturated carbocycles. The maximum atomic E-state index is 13.1. The van der Waals surface area contributed by atoms with Gasteiger partial charge in [-0.25, -0.2) is 13.9 Å². The van der Waals surface area contributed by atoms with Gasteiger partial charge in [-0.05, 0) is 12.1 Å². The molecule has 0 amide bonds. The van der Waals surface area contributed by atoms with Crippen LogP contribution < -0.4 is 10.9 Å². The van der Waals surface area contributed by atoms with Crippen LogP contribution in [0.25, 0.3) is 5.65 Å². The topological polar surface area (TPSA) is 64.2 Å². The van der Waals surface area contributed by atoms with Gasteiger partial charge in [0.25, 0.3) is 5.56 Å². The Balaban J connectivity index is 1.88. The van der Waals surface area contributed by atoms with Crippen molar-refractivity contribution >= 4 is 11.3 Å². The minimum atomic E-state index is -0.531. The molecule has 3 aromatic rings.